The molecule has 1 saturated heterocycles. The van der Waals surface area contributed by atoms with Crippen LogP contribution >= 0.6 is 0 Å². The van der Waals surface area contributed by atoms with Crippen LogP contribution in [0.4, 0.5) is 0 Å². The SMILES string of the molecule is Cc1ccoc1C(=O)N1CCc2c(C(=O)N3CCCC(Cn4ccnc4)C3)n[nH]c2C1. The number of fused-ring (bicyclic) bond motifs is 1. The van der Waals surface area contributed by atoms with Gasteiger partial charge >= 0.3 is 0 Å². The van der Waals surface area contributed by atoms with Crippen molar-refractivity contribution in [3.63, 3.8) is 0 Å². The summed E-state index contributed by atoms with van der Waals surface area (Å²) in [5, 5.41) is 7.36. The van der Waals surface area contributed by atoms with Crippen molar-refractivity contribution in [1.29, 1.82) is 0 Å². The Morgan fingerprint density at radius 1 is 1.26 bits per heavy atom. The van der Waals surface area contributed by atoms with Crippen molar-refractivity contribution in [1.82, 2.24) is 29.5 Å². The maximum atomic E-state index is 13.3. The molecule has 3 aromatic rings. The topological polar surface area (TPSA) is 100 Å². The van der Waals surface area contributed by atoms with Crippen LogP contribution in [0.2, 0.25) is 0 Å². The minimum Gasteiger partial charge on any atom is -0.459 e. The van der Waals surface area contributed by atoms with Crippen molar-refractivity contribution in [3.05, 3.63) is 59.3 Å². The second-order valence-electron chi connectivity index (χ2n) is 8.46. The molecule has 2 aliphatic rings. The van der Waals surface area contributed by atoms with Gasteiger partial charge in [0.15, 0.2) is 11.5 Å². The average Bonchev–Trinajstić information content (AvgIpc) is 3.53. The number of likely N-dealkylation sites (tertiary alicyclic amines) is 1. The molecule has 5 rings (SSSR count). The van der Waals surface area contributed by atoms with Crippen LogP contribution in [0.5, 0.6) is 0 Å². The van der Waals surface area contributed by atoms with Crippen molar-refractivity contribution in [2.75, 3.05) is 19.6 Å². The summed E-state index contributed by atoms with van der Waals surface area (Å²) >= 11 is 0. The zero-order valence-electron chi connectivity index (χ0n) is 17.6. The number of imidazole rings is 1. The van der Waals surface area contributed by atoms with E-state index in [9.17, 15) is 9.59 Å². The highest BCUT2D eigenvalue weighted by molar-refractivity contribution is 5.95. The number of piperidine rings is 1. The number of amides is 2. The van der Waals surface area contributed by atoms with E-state index in [1.54, 1.807) is 17.2 Å². The van der Waals surface area contributed by atoms with Gasteiger partial charge in [0.2, 0.25) is 0 Å². The molecule has 0 spiro atoms. The van der Waals surface area contributed by atoms with Gasteiger partial charge in [0.1, 0.15) is 0 Å². The fraction of sp³-hybridized carbons (Fsp3) is 0.455. The summed E-state index contributed by atoms with van der Waals surface area (Å²) in [6.07, 6.45) is 9.79. The van der Waals surface area contributed by atoms with Gasteiger partial charge in [0.25, 0.3) is 11.8 Å². The molecule has 0 aliphatic carbocycles. The van der Waals surface area contributed by atoms with Crippen molar-refractivity contribution in [2.24, 2.45) is 5.92 Å². The third-order valence-corrected chi connectivity index (χ3v) is 6.31. The number of carbonyl (C=O) groups excluding carboxylic acids is 2. The quantitative estimate of drug-likeness (QED) is 0.695. The van der Waals surface area contributed by atoms with Crippen molar-refractivity contribution in [3.8, 4) is 0 Å². The number of nitrogens with zero attached hydrogens (tertiary/aromatic N) is 5. The molecule has 2 aliphatic heterocycles. The zero-order valence-corrected chi connectivity index (χ0v) is 17.6. The standard InChI is InChI=1S/C22H26N6O3/c1-15-5-10-31-20(15)22(30)28-8-4-17-18(13-28)24-25-19(17)21(29)27-7-2-3-16(12-27)11-26-9-6-23-14-26/h5-6,9-10,14,16H,2-4,7-8,11-13H2,1H3,(H,24,25). The van der Waals surface area contributed by atoms with Gasteiger partial charge in [-0.05, 0) is 38.2 Å². The van der Waals surface area contributed by atoms with Gasteiger partial charge in [-0.15, -0.1) is 0 Å². The first kappa shape index (κ1) is 19.6. The molecule has 0 bridgehead atoms. The van der Waals surface area contributed by atoms with Gasteiger partial charge in [0, 0.05) is 49.7 Å². The van der Waals surface area contributed by atoms with Crippen LogP contribution < -0.4 is 0 Å². The minimum absolute atomic E-state index is 0.0190. The van der Waals surface area contributed by atoms with Crippen molar-refractivity contribution in [2.45, 2.75) is 39.3 Å². The van der Waals surface area contributed by atoms with E-state index < -0.39 is 0 Å². The molecule has 3 aromatic heterocycles. The van der Waals surface area contributed by atoms with Crippen LogP contribution in [0.15, 0.2) is 35.5 Å². The van der Waals surface area contributed by atoms with E-state index in [4.69, 9.17) is 4.42 Å². The lowest BCUT2D eigenvalue weighted by atomic mass is 9.96. The molecule has 1 unspecified atom stereocenters. The highest BCUT2D eigenvalue weighted by Crippen LogP contribution is 2.26. The number of aromatic amines is 1. The summed E-state index contributed by atoms with van der Waals surface area (Å²) in [5.41, 5.74) is 3.09. The highest BCUT2D eigenvalue weighted by atomic mass is 16.3. The highest BCUT2D eigenvalue weighted by Gasteiger charge is 2.32. The number of rotatable bonds is 4. The molecule has 2 amide bonds. The normalized spacial score (nSPS) is 18.8. The summed E-state index contributed by atoms with van der Waals surface area (Å²) in [7, 11) is 0. The predicted octanol–water partition coefficient (Wildman–Crippen LogP) is 2.26. The lowest BCUT2D eigenvalue weighted by Gasteiger charge is -2.33. The van der Waals surface area contributed by atoms with Gasteiger partial charge in [0.05, 0.1) is 24.8 Å². The largest absolute Gasteiger partial charge is 0.459 e. The minimum atomic E-state index is -0.131. The number of nitrogens with one attached hydrogen (secondary N) is 1. The number of hydrogen-bond acceptors (Lipinski definition) is 5. The van der Waals surface area contributed by atoms with E-state index in [0.717, 1.165) is 49.3 Å². The number of H-pyrrole nitrogens is 1. The Morgan fingerprint density at radius 3 is 2.94 bits per heavy atom. The second kappa shape index (κ2) is 8.05. The Labute approximate surface area is 180 Å². The number of aromatic nitrogens is 4. The van der Waals surface area contributed by atoms with E-state index >= 15 is 0 Å². The van der Waals surface area contributed by atoms with E-state index in [1.807, 2.05) is 24.3 Å². The van der Waals surface area contributed by atoms with Gasteiger partial charge in [-0.25, -0.2) is 4.98 Å². The number of hydrogen-bond donors (Lipinski definition) is 1. The fourth-order valence-corrected chi connectivity index (χ4v) is 4.64. The molecule has 162 valence electrons. The Kier molecular flexibility index (Phi) is 5.09. The summed E-state index contributed by atoms with van der Waals surface area (Å²) in [5.74, 6) is 0.631. The van der Waals surface area contributed by atoms with E-state index in [0.29, 0.717) is 36.9 Å². The molecule has 31 heavy (non-hydrogen) atoms. The Morgan fingerprint density at radius 2 is 2.16 bits per heavy atom. The molecule has 9 nitrogen and oxygen atoms in total. The molecule has 5 heterocycles. The first-order valence-electron chi connectivity index (χ1n) is 10.7. The van der Waals surface area contributed by atoms with Crippen molar-refractivity contribution >= 4 is 11.8 Å². The summed E-state index contributed by atoms with van der Waals surface area (Å²) in [6.45, 7) is 5.14. The van der Waals surface area contributed by atoms with Crippen LogP contribution in [0, 0.1) is 12.8 Å². The smallest absolute Gasteiger partial charge is 0.290 e. The lowest BCUT2D eigenvalue weighted by molar-refractivity contribution is 0.0654. The first-order valence-corrected chi connectivity index (χ1v) is 10.7. The Bertz CT molecular complexity index is 1080. The zero-order chi connectivity index (χ0) is 21.4. The molecule has 0 saturated carbocycles. The van der Waals surface area contributed by atoms with Crippen LogP contribution in [0.25, 0.3) is 0 Å². The molecule has 0 aromatic carbocycles. The van der Waals surface area contributed by atoms with Gasteiger partial charge < -0.3 is 18.8 Å². The molecule has 1 N–H and O–H groups in total. The average molecular weight is 422 g/mol. The van der Waals surface area contributed by atoms with Gasteiger partial charge in [-0.1, -0.05) is 0 Å². The van der Waals surface area contributed by atoms with Crippen LogP contribution in [0.3, 0.4) is 0 Å². The summed E-state index contributed by atoms with van der Waals surface area (Å²) in [4.78, 5) is 33.8. The van der Waals surface area contributed by atoms with E-state index in [2.05, 4.69) is 19.7 Å². The van der Waals surface area contributed by atoms with Crippen LogP contribution in [-0.4, -0.2) is 61.0 Å². The fourth-order valence-electron chi connectivity index (χ4n) is 4.64. The maximum absolute atomic E-state index is 13.3. The third kappa shape index (κ3) is 3.75. The molecule has 0 radical (unpaired) electrons. The van der Waals surface area contributed by atoms with Crippen molar-refractivity contribution < 1.29 is 14.0 Å². The second-order valence-corrected chi connectivity index (χ2v) is 8.46. The van der Waals surface area contributed by atoms with Crippen LogP contribution in [0.1, 0.15) is 50.7 Å². The molecular weight excluding hydrogens is 396 g/mol. The molecule has 1 atom stereocenters. The molecular formula is C22H26N6O3. The van der Waals surface area contributed by atoms with Gasteiger partial charge in [-0.3, -0.25) is 14.7 Å². The molecule has 1 fully saturated rings. The number of carbonyl (C=O) groups is 2. The summed E-state index contributed by atoms with van der Waals surface area (Å²) in [6, 6.07) is 1.79. The Balaban J connectivity index is 1.27. The van der Waals surface area contributed by atoms with Crippen LogP contribution in [-0.2, 0) is 19.5 Å². The number of furan rings is 1. The first-order chi connectivity index (χ1) is 15.1. The van der Waals surface area contributed by atoms with E-state index in [-0.39, 0.29) is 11.8 Å². The van der Waals surface area contributed by atoms with E-state index in [1.165, 1.54) is 6.26 Å². The van der Waals surface area contributed by atoms with Gasteiger partial charge in [-0.2, -0.15) is 5.10 Å². The number of aryl methyl sites for hydroxylation is 1. The third-order valence-electron chi connectivity index (χ3n) is 6.31. The predicted molar refractivity (Wildman–Crippen MR) is 111 cm³/mol. The monoisotopic (exact) mass is 422 g/mol. The summed E-state index contributed by atoms with van der Waals surface area (Å²) < 4.78 is 7.42. The Hall–Kier alpha value is -3.36. The maximum Gasteiger partial charge on any atom is 0.290 e. The molecule has 9 heteroatoms. The lowest BCUT2D eigenvalue weighted by Crippen LogP contribution is -2.42.